The minimum absolute atomic E-state index is 0.182. The van der Waals surface area contributed by atoms with Crippen molar-refractivity contribution in [1.82, 2.24) is 0 Å². The number of benzene rings is 1. The molecule has 0 bridgehead atoms. The summed E-state index contributed by atoms with van der Waals surface area (Å²) in [6.07, 6.45) is 1.56. The molecule has 0 spiro atoms. The van der Waals surface area contributed by atoms with Crippen LogP contribution in [0.1, 0.15) is 36.0 Å². The molecule has 3 atom stereocenters. The van der Waals surface area contributed by atoms with Gasteiger partial charge in [0.05, 0.1) is 18.8 Å². The van der Waals surface area contributed by atoms with E-state index >= 15 is 0 Å². The summed E-state index contributed by atoms with van der Waals surface area (Å²) in [5.41, 5.74) is 0.416. The van der Waals surface area contributed by atoms with Crippen LogP contribution in [0.2, 0.25) is 0 Å². The van der Waals surface area contributed by atoms with E-state index < -0.39 is 24.0 Å². The lowest BCUT2D eigenvalue weighted by molar-refractivity contribution is -0.128. The molecular weight excluding hydrogens is 312 g/mol. The standard InChI is InChI=1S/C18H22O6/c1-23-13-8-6-12(7-9-13)18(22)24-14-4-2-3-5-15(19)17(21)16(20)11-10-14/h3,5-9,14,16-17,20-21H,2,4,10-11H2,1H3/b5-3-. The Morgan fingerprint density at radius 2 is 1.83 bits per heavy atom. The third kappa shape index (κ3) is 4.91. The van der Waals surface area contributed by atoms with Crippen LogP contribution >= 0.6 is 0 Å². The molecule has 2 N–H and O–H groups in total. The van der Waals surface area contributed by atoms with Gasteiger partial charge in [-0.3, -0.25) is 4.79 Å². The third-order valence-corrected chi connectivity index (χ3v) is 3.98. The zero-order valence-corrected chi connectivity index (χ0v) is 13.6. The van der Waals surface area contributed by atoms with Gasteiger partial charge in [0.25, 0.3) is 0 Å². The van der Waals surface area contributed by atoms with E-state index in [1.165, 1.54) is 6.08 Å². The average molecular weight is 334 g/mol. The van der Waals surface area contributed by atoms with Crippen LogP contribution in [-0.2, 0) is 9.53 Å². The number of aliphatic hydroxyl groups excluding tert-OH is 2. The topological polar surface area (TPSA) is 93.1 Å². The maximum absolute atomic E-state index is 12.2. The number of carbonyl (C=O) groups is 2. The molecule has 1 aliphatic carbocycles. The highest BCUT2D eigenvalue weighted by molar-refractivity contribution is 5.93. The second kappa shape index (κ2) is 8.61. The number of ether oxygens (including phenoxy) is 2. The van der Waals surface area contributed by atoms with E-state index in [1.807, 2.05) is 0 Å². The van der Waals surface area contributed by atoms with Gasteiger partial charge in [-0.1, -0.05) is 6.08 Å². The summed E-state index contributed by atoms with van der Waals surface area (Å²) in [6.45, 7) is 0. The molecule has 0 fully saturated rings. The number of esters is 1. The normalized spacial score (nSPS) is 26.5. The lowest BCUT2D eigenvalue weighted by atomic mass is 9.98. The number of allylic oxidation sites excluding steroid dienone is 1. The van der Waals surface area contributed by atoms with Crippen molar-refractivity contribution in [3.63, 3.8) is 0 Å². The summed E-state index contributed by atoms with van der Waals surface area (Å²) in [5.74, 6) is -0.303. The smallest absolute Gasteiger partial charge is 0.338 e. The molecule has 0 amide bonds. The van der Waals surface area contributed by atoms with Gasteiger partial charge in [-0.2, -0.15) is 0 Å². The molecule has 1 aromatic rings. The van der Waals surface area contributed by atoms with Crippen LogP contribution in [0.4, 0.5) is 0 Å². The van der Waals surface area contributed by atoms with Crippen molar-refractivity contribution in [2.75, 3.05) is 7.11 Å². The van der Waals surface area contributed by atoms with Crippen molar-refractivity contribution in [1.29, 1.82) is 0 Å². The van der Waals surface area contributed by atoms with E-state index in [2.05, 4.69) is 0 Å². The number of hydrogen-bond acceptors (Lipinski definition) is 6. The van der Waals surface area contributed by atoms with E-state index in [0.29, 0.717) is 30.6 Å². The molecule has 0 saturated carbocycles. The zero-order valence-electron chi connectivity index (χ0n) is 13.6. The van der Waals surface area contributed by atoms with Crippen LogP contribution in [0, 0.1) is 0 Å². The van der Waals surface area contributed by atoms with Gasteiger partial charge in [-0.25, -0.2) is 4.79 Å². The SMILES string of the molecule is COc1ccc(C(=O)OC2CC/C=C\C(=O)C(O)C(O)CC2)cc1. The van der Waals surface area contributed by atoms with Gasteiger partial charge in [-0.05, 0) is 56.0 Å². The van der Waals surface area contributed by atoms with E-state index in [-0.39, 0.29) is 12.5 Å². The molecule has 0 aromatic heterocycles. The Labute approximate surface area is 140 Å². The van der Waals surface area contributed by atoms with Gasteiger partial charge >= 0.3 is 5.97 Å². The van der Waals surface area contributed by atoms with Crippen LogP contribution in [0.25, 0.3) is 0 Å². The first-order valence-electron chi connectivity index (χ1n) is 7.93. The molecule has 1 aromatic carbocycles. The predicted molar refractivity (Wildman–Crippen MR) is 86.8 cm³/mol. The van der Waals surface area contributed by atoms with Gasteiger partial charge in [-0.15, -0.1) is 0 Å². The molecule has 0 saturated heterocycles. The molecule has 0 radical (unpaired) electrons. The van der Waals surface area contributed by atoms with Crippen molar-refractivity contribution >= 4 is 11.8 Å². The number of ketones is 1. The Balaban J connectivity index is 2.00. The minimum Gasteiger partial charge on any atom is -0.497 e. The van der Waals surface area contributed by atoms with Crippen LogP contribution in [0.15, 0.2) is 36.4 Å². The van der Waals surface area contributed by atoms with Crippen molar-refractivity contribution in [3.05, 3.63) is 42.0 Å². The number of carbonyl (C=O) groups excluding carboxylic acids is 2. The van der Waals surface area contributed by atoms with Gasteiger partial charge < -0.3 is 19.7 Å². The summed E-state index contributed by atoms with van der Waals surface area (Å²) in [7, 11) is 1.55. The molecule has 6 nitrogen and oxygen atoms in total. The van der Waals surface area contributed by atoms with E-state index in [1.54, 1.807) is 37.5 Å². The van der Waals surface area contributed by atoms with Crippen molar-refractivity contribution < 1.29 is 29.3 Å². The maximum Gasteiger partial charge on any atom is 0.338 e. The van der Waals surface area contributed by atoms with Gasteiger partial charge in [0.15, 0.2) is 5.78 Å². The molecule has 0 aliphatic heterocycles. The Hall–Kier alpha value is -2.18. The van der Waals surface area contributed by atoms with Crippen molar-refractivity contribution in [3.8, 4) is 5.75 Å². The zero-order chi connectivity index (χ0) is 17.5. The fourth-order valence-electron chi connectivity index (χ4n) is 2.49. The first-order chi connectivity index (χ1) is 11.5. The highest BCUT2D eigenvalue weighted by Gasteiger charge is 2.25. The number of hydrogen-bond donors (Lipinski definition) is 2. The van der Waals surface area contributed by atoms with Gasteiger partial charge in [0.1, 0.15) is 18.0 Å². The monoisotopic (exact) mass is 334 g/mol. The second-order valence-electron chi connectivity index (χ2n) is 5.73. The summed E-state index contributed by atoms with van der Waals surface area (Å²) in [5, 5.41) is 19.5. The number of methoxy groups -OCH3 is 1. The van der Waals surface area contributed by atoms with Crippen molar-refractivity contribution in [2.24, 2.45) is 0 Å². The Bertz CT molecular complexity index is 592. The highest BCUT2D eigenvalue weighted by Crippen LogP contribution is 2.19. The molecule has 3 unspecified atom stereocenters. The van der Waals surface area contributed by atoms with Crippen LogP contribution in [0.3, 0.4) is 0 Å². The molecular formula is C18H22O6. The second-order valence-corrected chi connectivity index (χ2v) is 5.73. The van der Waals surface area contributed by atoms with E-state index in [0.717, 1.165) is 0 Å². The molecule has 0 heterocycles. The largest absolute Gasteiger partial charge is 0.497 e. The van der Waals surface area contributed by atoms with Crippen LogP contribution in [-0.4, -0.2) is 47.4 Å². The fourth-order valence-corrected chi connectivity index (χ4v) is 2.49. The Morgan fingerprint density at radius 3 is 2.50 bits per heavy atom. The van der Waals surface area contributed by atoms with E-state index in [9.17, 15) is 19.8 Å². The van der Waals surface area contributed by atoms with Crippen LogP contribution < -0.4 is 4.74 Å². The fraction of sp³-hybridized carbons (Fsp3) is 0.444. The average Bonchev–Trinajstić information content (AvgIpc) is 2.61. The van der Waals surface area contributed by atoms with Crippen molar-refractivity contribution in [2.45, 2.75) is 44.0 Å². The first-order valence-corrected chi connectivity index (χ1v) is 7.93. The lowest BCUT2D eigenvalue weighted by Crippen LogP contribution is -2.34. The molecule has 6 heteroatoms. The van der Waals surface area contributed by atoms with Crippen LogP contribution in [0.5, 0.6) is 5.75 Å². The summed E-state index contributed by atoms with van der Waals surface area (Å²) < 4.78 is 10.5. The molecule has 2 rings (SSSR count). The third-order valence-electron chi connectivity index (χ3n) is 3.98. The minimum atomic E-state index is -1.43. The quantitative estimate of drug-likeness (QED) is 0.816. The predicted octanol–water partition coefficient (Wildman–Crippen LogP) is 1.64. The van der Waals surface area contributed by atoms with E-state index in [4.69, 9.17) is 9.47 Å². The summed E-state index contributed by atoms with van der Waals surface area (Å²) in [4.78, 5) is 23.8. The Morgan fingerprint density at radius 1 is 1.12 bits per heavy atom. The summed E-state index contributed by atoms with van der Waals surface area (Å²) >= 11 is 0. The van der Waals surface area contributed by atoms with Gasteiger partial charge in [0.2, 0.25) is 0 Å². The van der Waals surface area contributed by atoms with Gasteiger partial charge in [0, 0.05) is 0 Å². The number of rotatable bonds is 3. The first kappa shape index (κ1) is 18.2. The summed E-state index contributed by atoms with van der Waals surface area (Å²) in [6, 6.07) is 6.60. The molecule has 130 valence electrons. The maximum atomic E-state index is 12.2. The Kier molecular flexibility index (Phi) is 6.52. The lowest BCUT2D eigenvalue weighted by Gasteiger charge is -2.22. The highest BCUT2D eigenvalue weighted by atomic mass is 16.5. The number of aliphatic hydroxyl groups is 2. The molecule has 24 heavy (non-hydrogen) atoms. The molecule has 1 aliphatic rings.